The molecule has 0 fully saturated rings. The molecule has 1 aromatic carbocycles. The van der Waals surface area contributed by atoms with E-state index in [0.717, 1.165) is 56.0 Å². The number of rotatable bonds is 3. The Labute approximate surface area is 171 Å². The number of fused-ring (bicyclic) bond motifs is 2. The molecule has 0 saturated heterocycles. The topological polar surface area (TPSA) is 88.1 Å². The van der Waals surface area contributed by atoms with E-state index in [9.17, 15) is 0 Å². The fraction of sp³-hybridized carbons (Fsp3) is 0.0435. The van der Waals surface area contributed by atoms with E-state index < -0.39 is 0 Å². The number of nitrogens with zero attached hydrogens (tertiary/aromatic N) is 5. The number of hydrogen-bond donors (Lipinski definition) is 2. The molecule has 5 aromatic heterocycles. The lowest BCUT2D eigenvalue weighted by Crippen LogP contribution is -1.89. The van der Waals surface area contributed by atoms with Crippen LogP contribution in [-0.4, -0.2) is 34.7 Å². The molecule has 0 aliphatic heterocycles. The molecule has 2 N–H and O–H groups in total. The van der Waals surface area contributed by atoms with Crippen molar-refractivity contribution in [2.45, 2.75) is 6.92 Å². The number of imidazole rings is 1. The number of aromatic nitrogens is 7. The molecule has 0 atom stereocenters. The molecular weight excluding hydrogens is 374 g/mol. The Morgan fingerprint density at radius 3 is 2.80 bits per heavy atom. The summed E-state index contributed by atoms with van der Waals surface area (Å²) in [5.74, 6) is 0. The molecule has 6 rings (SSSR count). The molecule has 0 saturated carbocycles. The summed E-state index contributed by atoms with van der Waals surface area (Å²) < 4.78 is 2.04. The minimum atomic E-state index is 0.791. The van der Waals surface area contributed by atoms with E-state index in [4.69, 9.17) is 4.98 Å². The van der Waals surface area contributed by atoms with Crippen LogP contribution in [0.25, 0.3) is 50.3 Å². The highest BCUT2D eigenvalue weighted by atomic mass is 15.1. The van der Waals surface area contributed by atoms with Gasteiger partial charge in [-0.1, -0.05) is 6.07 Å². The quantitative estimate of drug-likeness (QED) is 0.459. The van der Waals surface area contributed by atoms with Crippen LogP contribution in [0.5, 0.6) is 0 Å². The fourth-order valence-electron chi connectivity index (χ4n) is 3.81. The lowest BCUT2D eigenvalue weighted by Gasteiger charge is -2.03. The Bertz CT molecular complexity index is 1510. The molecule has 7 nitrogen and oxygen atoms in total. The summed E-state index contributed by atoms with van der Waals surface area (Å²) in [4.78, 5) is 16.9. The maximum absolute atomic E-state index is 4.87. The molecule has 0 spiro atoms. The highest BCUT2D eigenvalue weighted by Crippen LogP contribution is 2.31. The van der Waals surface area contributed by atoms with Gasteiger partial charge >= 0.3 is 0 Å². The van der Waals surface area contributed by atoms with E-state index >= 15 is 0 Å². The van der Waals surface area contributed by atoms with Gasteiger partial charge in [0.05, 0.1) is 34.6 Å². The number of aryl methyl sites for hydroxylation is 1. The molecule has 144 valence electrons. The predicted octanol–water partition coefficient (Wildman–Crippen LogP) is 4.66. The molecule has 0 unspecified atom stereocenters. The fourth-order valence-corrected chi connectivity index (χ4v) is 3.81. The zero-order valence-corrected chi connectivity index (χ0v) is 16.2. The van der Waals surface area contributed by atoms with Crippen LogP contribution in [0.15, 0.2) is 73.4 Å². The minimum Gasteiger partial charge on any atom is -0.353 e. The molecule has 5 heterocycles. The van der Waals surface area contributed by atoms with Gasteiger partial charge in [0, 0.05) is 35.1 Å². The van der Waals surface area contributed by atoms with Crippen LogP contribution < -0.4 is 0 Å². The van der Waals surface area contributed by atoms with Gasteiger partial charge in [-0.05, 0) is 49.4 Å². The number of pyridine rings is 2. The van der Waals surface area contributed by atoms with E-state index in [1.165, 1.54) is 0 Å². The smallest absolute Gasteiger partial charge is 0.135 e. The molecule has 0 radical (unpaired) electrons. The summed E-state index contributed by atoms with van der Waals surface area (Å²) in [6.07, 6.45) is 7.43. The Kier molecular flexibility index (Phi) is 3.55. The number of hydrogen-bond acceptors (Lipinski definition) is 4. The first kappa shape index (κ1) is 16.7. The number of H-pyrrole nitrogens is 2. The molecule has 6 aromatic rings. The average molecular weight is 391 g/mol. The van der Waals surface area contributed by atoms with Crippen molar-refractivity contribution in [2.24, 2.45) is 0 Å². The molecular formula is C23H17N7. The van der Waals surface area contributed by atoms with E-state index in [0.29, 0.717) is 0 Å². The Balaban J connectivity index is 1.52. The van der Waals surface area contributed by atoms with Crippen LogP contribution >= 0.6 is 0 Å². The SMILES string of the molecule is Cc1cn(-c2cccc3[nH]c(-c4n[nH]c5ccc(-c6cccnc6)nc45)cc23)cn1. The highest BCUT2D eigenvalue weighted by Gasteiger charge is 2.15. The lowest BCUT2D eigenvalue weighted by atomic mass is 10.1. The van der Waals surface area contributed by atoms with Crippen molar-refractivity contribution < 1.29 is 0 Å². The van der Waals surface area contributed by atoms with Crippen molar-refractivity contribution in [1.29, 1.82) is 0 Å². The van der Waals surface area contributed by atoms with Crippen LogP contribution in [0.4, 0.5) is 0 Å². The Morgan fingerprint density at radius 2 is 1.97 bits per heavy atom. The van der Waals surface area contributed by atoms with Crippen molar-refractivity contribution >= 4 is 21.9 Å². The van der Waals surface area contributed by atoms with Gasteiger partial charge in [0.25, 0.3) is 0 Å². The van der Waals surface area contributed by atoms with Crippen molar-refractivity contribution in [3.63, 3.8) is 0 Å². The Hall–Kier alpha value is -4.26. The average Bonchev–Trinajstić information content (AvgIpc) is 3.51. The second-order valence-electron chi connectivity index (χ2n) is 7.25. The van der Waals surface area contributed by atoms with Crippen LogP contribution in [0, 0.1) is 6.92 Å². The van der Waals surface area contributed by atoms with E-state index in [1.54, 1.807) is 6.20 Å². The van der Waals surface area contributed by atoms with Gasteiger partial charge in [0.1, 0.15) is 11.2 Å². The number of benzene rings is 1. The van der Waals surface area contributed by atoms with Crippen molar-refractivity contribution in [1.82, 2.24) is 34.7 Å². The third-order valence-corrected chi connectivity index (χ3v) is 5.25. The molecule has 30 heavy (non-hydrogen) atoms. The van der Waals surface area contributed by atoms with Crippen LogP contribution in [-0.2, 0) is 0 Å². The van der Waals surface area contributed by atoms with Crippen LogP contribution in [0.3, 0.4) is 0 Å². The molecule has 0 bridgehead atoms. The summed E-state index contributed by atoms with van der Waals surface area (Å²) in [7, 11) is 0. The van der Waals surface area contributed by atoms with Gasteiger partial charge < -0.3 is 9.55 Å². The molecule has 0 aliphatic carbocycles. The third kappa shape index (κ3) is 2.60. The second kappa shape index (κ2) is 6.38. The minimum absolute atomic E-state index is 0.791. The van der Waals surface area contributed by atoms with Gasteiger partial charge in [-0.15, -0.1) is 0 Å². The highest BCUT2D eigenvalue weighted by molar-refractivity contribution is 5.97. The molecule has 0 amide bonds. The van der Waals surface area contributed by atoms with Gasteiger partial charge in [0.15, 0.2) is 0 Å². The van der Waals surface area contributed by atoms with Gasteiger partial charge in [-0.2, -0.15) is 5.10 Å². The summed E-state index contributed by atoms with van der Waals surface area (Å²) in [6, 6.07) is 16.2. The van der Waals surface area contributed by atoms with Crippen molar-refractivity contribution in [3.05, 3.63) is 79.1 Å². The summed E-state index contributed by atoms with van der Waals surface area (Å²) in [5.41, 5.74) is 8.34. The first-order chi connectivity index (χ1) is 14.8. The van der Waals surface area contributed by atoms with Crippen LogP contribution in [0.2, 0.25) is 0 Å². The third-order valence-electron chi connectivity index (χ3n) is 5.25. The normalized spacial score (nSPS) is 11.5. The summed E-state index contributed by atoms with van der Waals surface area (Å²) >= 11 is 0. The maximum atomic E-state index is 4.87. The predicted molar refractivity (Wildman–Crippen MR) is 116 cm³/mol. The Morgan fingerprint density at radius 1 is 1.00 bits per heavy atom. The lowest BCUT2D eigenvalue weighted by molar-refractivity contribution is 1.07. The van der Waals surface area contributed by atoms with Crippen LogP contribution in [0.1, 0.15) is 5.69 Å². The zero-order chi connectivity index (χ0) is 20.1. The number of nitrogens with one attached hydrogen (secondary N) is 2. The summed E-state index contributed by atoms with van der Waals surface area (Å²) in [5, 5.41) is 8.75. The van der Waals surface area contributed by atoms with E-state index in [2.05, 4.69) is 43.3 Å². The van der Waals surface area contributed by atoms with E-state index in [-0.39, 0.29) is 0 Å². The standard InChI is InChI=1S/C23H17N7/c1-14-12-30(13-25-14)21-6-2-5-18-16(21)10-20(26-18)23-22-19(28-29-23)8-7-17(27-22)15-4-3-9-24-11-15/h2-13,26H,1H3,(H,28,29). The first-order valence-corrected chi connectivity index (χ1v) is 9.65. The summed E-state index contributed by atoms with van der Waals surface area (Å²) in [6.45, 7) is 1.99. The van der Waals surface area contributed by atoms with Gasteiger partial charge in [-0.25, -0.2) is 9.97 Å². The second-order valence-corrected chi connectivity index (χ2v) is 7.25. The molecule has 7 heteroatoms. The van der Waals surface area contributed by atoms with Gasteiger partial charge in [0.2, 0.25) is 0 Å². The first-order valence-electron chi connectivity index (χ1n) is 9.65. The van der Waals surface area contributed by atoms with E-state index in [1.807, 2.05) is 60.5 Å². The molecule has 0 aliphatic rings. The van der Waals surface area contributed by atoms with Crippen molar-refractivity contribution in [3.8, 4) is 28.3 Å². The zero-order valence-electron chi connectivity index (χ0n) is 16.2. The largest absolute Gasteiger partial charge is 0.353 e. The number of aromatic amines is 2. The van der Waals surface area contributed by atoms with Crippen molar-refractivity contribution in [2.75, 3.05) is 0 Å². The monoisotopic (exact) mass is 391 g/mol. The maximum Gasteiger partial charge on any atom is 0.135 e. The van der Waals surface area contributed by atoms with Gasteiger partial charge in [-0.3, -0.25) is 10.1 Å².